The summed E-state index contributed by atoms with van der Waals surface area (Å²) in [6, 6.07) is 3.91. The Labute approximate surface area is 126 Å². The van der Waals surface area contributed by atoms with Gasteiger partial charge < -0.3 is 16.0 Å². The lowest BCUT2D eigenvalue weighted by Crippen LogP contribution is -2.50. The molecule has 1 aliphatic heterocycles. The highest BCUT2D eigenvalue weighted by molar-refractivity contribution is 5.92. The van der Waals surface area contributed by atoms with E-state index >= 15 is 0 Å². The summed E-state index contributed by atoms with van der Waals surface area (Å²) in [4.78, 5) is 11.6. The highest BCUT2D eigenvalue weighted by Gasteiger charge is 2.31. The van der Waals surface area contributed by atoms with Crippen LogP contribution >= 0.6 is 0 Å². The SMILES string of the molecule is CCNC(=O)c1ccc(NCC2NCCCC2(C)C)nn1. The van der Waals surface area contributed by atoms with Gasteiger partial charge in [0.1, 0.15) is 5.82 Å². The van der Waals surface area contributed by atoms with Gasteiger partial charge in [-0.05, 0) is 43.9 Å². The molecule has 1 saturated heterocycles. The monoisotopic (exact) mass is 291 g/mol. The molecule has 2 heterocycles. The Morgan fingerprint density at radius 2 is 2.24 bits per heavy atom. The number of hydrogen-bond acceptors (Lipinski definition) is 5. The van der Waals surface area contributed by atoms with Crippen LogP contribution in [0.3, 0.4) is 0 Å². The van der Waals surface area contributed by atoms with Crippen LogP contribution in [0.25, 0.3) is 0 Å². The predicted octanol–water partition coefficient (Wildman–Crippen LogP) is 1.42. The minimum atomic E-state index is -0.188. The fourth-order valence-electron chi connectivity index (χ4n) is 2.62. The molecule has 0 spiro atoms. The molecule has 0 aromatic carbocycles. The number of carbonyl (C=O) groups is 1. The number of hydrogen-bond donors (Lipinski definition) is 3. The smallest absolute Gasteiger partial charge is 0.271 e. The van der Waals surface area contributed by atoms with E-state index in [1.165, 1.54) is 12.8 Å². The van der Waals surface area contributed by atoms with Gasteiger partial charge in [0.05, 0.1) is 0 Å². The van der Waals surface area contributed by atoms with Gasteiger partial charge in [-0.25, -0.2) is 0 Å². The average Bonchev–Trinajstić information content (AvgIpc) is 2.46. The second kappa shape index (κ2) is 6.85. The number of rotatable bonds is 5. The summed E-state index contributed by atoms with van der Waals surface area (Å²) in [7, 11) is 0. The van der Waals surface area contributed by atoms with Crippen molar-refractivity contribution in [2.75, 3.05) is 25.0 Å². The summed E-state index contributed by atoms with van der Waals surface area (Å²) in [5.74, 6) is 0.512. The molecular weight excluding hydrogens is 266 g/mol. The maximum Gasteiger partial charge on any atom is 0.271 e. The summed E-state index contributed by atoms with van der Waals surface area (Å²) in [5.41, 5.74) is 0.623. The molecule has 1 unspecified atom stereocenters. The first kappa shape index (κ1) is 15.7. The standard InChI is InChI=1S/C15H25N5O/c1-4-16-14(21)11-6-7-13(20-19-11)18-10-12-15(2,3)8-5-9-17-12/h6-7,12,17H,4-5,8-10H2,1-3H3,(H,16,21)(H,18,20). The maximum absolute atomic E-state index is 11.6. The van der Waals surface area contributed by atoms with Crippen LogP contribution < -0.4 is 16.0 Å². The van der Waals surface area contributed by atoms with Gasteiger partial charge in [-0.2, -0.15) is 0 Å². The van der Waals surface area contributed by atoms with Crippen LogP contribution in [0.2, 0.25) is 0 Å². The average molecular weight is 291 g/mol. The molecule has 1 fully saturated rings. The van der Waals surface area contributed by atoms with Crippen molar-refractivity contribution in [3.63, 3.8) is 0 Å². The van der Waals surface area contributed by atoms with Crippen molar-refractivity contribution in [2.24, 2.45) is 5.41 Å². The van der Waals surface area contributed by atoms with Crippen LogP contribution in [0.1, 0.15) is 44.1 Å². The first-order valence-corrected chi connectivity index (χ1v) is 7.62. The summed E-state index contributed by atoms with van der Waals surface area (Å²) < 4.78 is 0. The summed E-state index contributed by atoms with van der Waals surface area (Å²) in [5, 5.41) is 17.6. The molecule has 1 amide bonds. The van der Waals surface area contributed by atoms with Gasteiger partial charge in [-0.15, -0.1) is 10.2 Å². The van der Waals surface area contributed by atoms with E-state index in [1.54, 1.807) is 12.1 Å². The summed E-state index contributed by atoms with van der Waals surface area (Å²) >= 11 is 0. The number of anilines is 1. The van der Waals surface area contributed by atoms with E-state index in [2.05, 4.69) is 40.0 Å². The van der Waals surface area contributed by atoms with Gasteiger partial charge in [-0.3, -0.25) is 4.79 Å². The van der Waals surface area contributed by atoms with Crippen LogP contribution in [0, 0.1) is 5.41 Å². The Kier molecular flexibility index (Phi) is 5.12. The molecule has 0 aliphatic carbocycles. The first-order chi connectivity index (χ1) is 10.0. The zero-order chi connectivity index (χ0) is 15.3. The number of aromatic nitrogens is 2. The third-order valence-corrected chi connectivity index (χ3v) is 4.05. The zero-order valence-electron chi connectivity index (χ0n) is 13.1. The largest absolute Gasteiger partial charge is 0.367 e. The quantitative estimate of drug-likeness (QED) is 0.764. The van der Waals surface area contributed by atoms with Gasteiger partial charge in [0, 0.05) is 19.1 Å². The summed E-state index contributed by atoms with van der Waals surface area (Å²) in [6.45, 7) is 8.91. The highest BCUT2D eigenvalue weighted by atomic mass is 16.1. The van der Waals surface area contributed by atoms with Crippen molar-refractivity contribution in [1.82, 2.24) is 20.8 Å². The molecule has 6 nitrogen and oxygen atoms in total. The Balaban J connectivity index is 1.90. The molecule has 1 aromatic heterocycles. The lowest BCUT2D eigenvalue weighted by atomic mass is 9.77. The molecule has 1 aliphatic rings. The fourth-order valence-corrected chi connectivity index (χ4v) is 2.62. The molecule has 1 aromatic rings. The second-order valence-corrected chi connectivity index (χ2v) is 6.14. The van der Waals surface area contributed by atoms with E-state index < -0.39 is 0 Å². The second-order valence-electron chi connectivity index (χ2n) is 6.14. The van der Waals surface area contributed by atoms with Gasteiger partial charge in [0.15, 0.2) is 5.69 Å². The van der Waals surface area contributed by atoms with E-state index in [4.69, 9.17) is 0 Å². The third-order valence-electron chi connectivity index (χ3n) is 4.05. The van der Waals surface area contributed by atoms with Crippen molar-refractivity contribution in [1.29, 1.82) is 0 Å². The first-order valence-electron chi connectivity index (χ1n) is 7.62. The molecule has 6 heteroatoms. The van der Waals surface area contributed by atoms with E-state index in [-0.39, 0.29) is 11.3 Å². The molecule has 0 bridgehead atoms. The van der Waals surface area contributed by atoms with Crippen LogP contribution in [-0.2, 0) is 0 Å². The minimum absolute atomic E-state index is 0.188. The lowest BCUT2D eigenvalue weighted by molar-refractivity contribution is 0.0950. The van der Waals surface area contributed by atoms with E-state index in [0.29, 0.717) is 24.1 Å². The molecule has 2 rings (SSSR count). The molecular formula is C15H25N5O. The molecule has 21 heavy (non-hydrogen) atoms. The molecule has 3 N–H and O–H groups in total. The van der Waals surface area contributed by atoms with Crippen molar-refractivity contribution in [3.8, 4) is 0 Å². The Bertz CT molecular complexity index is 471. The fraction of sp³-hybridized carbons (Fsp3) is 0.667. The number of carbonyl (C=O) groups excluding carboxylic acids is 1. The van der Waals surface area contributed by atoms with Crippen LogP contribution in [0.15, 0.2) is 12.1 Å². The minimum Gasteiger partial charge on any atom is -0.367 e. The van der Waals surface area contributed by atoms with Crippen molar-refractivity contribution >= 4 is 11.7 Å². The van der Waals surface area contributed by atoms with Crippen LogP contribution in [-0.4, -0.2) is 41.8 Å². The van der Waals surface area contributed by atoms with Gasteiger partial charge in [-0.1, -0.05) is 13.8 Å². The zero-order valence-corrected chi connectivity index (χ0v) is 13.1. The van der Waals surface area contributed by atoms with Crippen molar-refractivity contribution in [3.05, 3.63) is 17.8 Å². The number of piperidine rings is 1. The molecule has 0 saturated carbocycles. The number of nitrogens with one attached hydrogen (secondary N) is 3. The Hall–Kier alpha value is -1.69. The van der Waals surface area contributed by atoms with Gasteiger partial charge in [0.25, 0.3) is 5.91 Å². The van der Waals surface area contributed by atoms with E-state index in [0.717, 1.165) is 13.1 Å². The highest BCUT2D eigenvalue weighted by Crippen LogP contribution is 2.29. The van der Waals surface area contributed by atoms with Crippen molar-refractivity contribution < 1.29 is 4.79 Å². The lowest BCUT2D eigenvalue weighted by Gasteiger charge is -2.39. The van der Waals surface area contributed by atoms with Crippen LogP contribution in [0.4, 0.5) is 5.82 Å². The van der Waals surface area contributed by atoms with E-state index in [1.807, 2.05) is 6.92 Å². The van der Waals surface area contributed by atoms with Gasteiger partial charge >= 0.3 is 0 Å². The molecule has 116 valence electrons. The Morgan fingerprint density at radius 3 is 2.86 bits per heavy atom. The number of nitrogens with zero attached hydrogens (tertiary/aromatic N) is 2. The van der Waals surface area contributed by atoms with Crippen LogP contribution in [0.5, 0.6) is 0 Å². The Morgan fingerprint density at radius 1 is 1.43 bits per heavy atom. The third kappa shape index (κ3) is 4.14. The van der Waals surface area contributed by atoms with Gasteiger partial charge in [0.2, 0.25) is 0 Å². The van der Waals surface area contributed by atoms with Crippen molar-refractivity contribution in [2.45, 2.75) is 39.7 Å². The summed E-state index contributed by atoms with van der Waals surface area (Å²) in [6.07, 6.45) is 2.46. The normalized spacial score (nSPS) is 20.8. The number of amides is 1. The predicted molar refractivity (Wildman–Crippen MR) is 83.3 cm³/mol. The maximum atomic E-state index is 11.6. The van der Waals surface area contributed by atoms with E-state index in [9.17, 15) is 4.79 Å². The molecule has 1 atom stereocenters. The molecule has 0 radical (unpaired) electrons. The topological polar surface area (TPSA) is 78.9 Å².